The second-order valence-electron chi connectivity index (χ2n) is 6.58. The Bertz CT molecular complexity index is 487. The number of aromatic nitrogens is 2. The average Bonchev–Trinajstić information content (AvgIpc) is 2.87. The number of carboxylic acids is 1. The van der Waals surface area contributed by atoms with Crippen molar-refractivity contribution in [2.75, 3.05) is 26.2 Å². The van der Waals surface area contributed by atoms with Crippen molar-refractivity contribution in [2.24, 2.45) is 0 Å². The maximum atomic E-state index is 11.0. The lowest BCUT2D eigenvalue weighted by Crippen LogP contribution is -2.51. The fourth-order valence-corrected chi connectivity index (χ4v) is 2.28. The summed E-state index contributed by atoms with van der Waals surface area (Å²) < 4.78 is 5.69. The van der Waals surface area contributed by atoms with Gasteiger partial charge in [0, 0.05) is 31.6 Å². The van der Waals surface area contributed by atoms with Gasteiger partial charge >= 0.3 is 5.97 Å². The number of hydrogen-bond acceptors (Lipinski definition) is 6. The minimum atomic E-state index is -0.768. The van der Waals surface area contributed by atoms with Crippen LogP contribution in [0.3, 0.4) is 0 Å². The van der Waals surface area contributed by atoms with Gasteiger partial charge in [0.2, 0.25) is 11.8 Å². The van der Waals surface area contributed by atoms with E-state index < -0.39 is 12.0 Å². The van der Waals surface area contributed by atoms with Gasteiger partial charge in [0.1, 0.15) is 6.04 Å². The third-order valence-corrected chi connectivity index (χ3v) is 3.78. The largest absolute Gasteiger partial charge is 0.480 e. The molecule has 1 aromatic heterocycles. The number of carbonyl (C=O) groups is 1. The van der Waals surface area contributed by atoms with Gasteiger partial charge in [-0.15, -0.1) is 10.2 Å². The van der Waals surface area contributed by atoms with Crippen LogP contribution in [0.2, 0.25) is 0 Å². The summed E-state index contributed by atoms with van der Waals surface area (Å²) in [5.74, 6) is 0.505. The number of nitrogens with zero attached hydrogens (tertiary/aromatic N) is 4. The zero-order chi connectivity index (χ0) is 15.6. The van der Waals surface area contributed by atoms with Crippen molar-refractivity contribution in [1.82, 2.24) is 20.0 Å². The molecule has 0 amide bonds. The Morgan fingerprint density at radius 3 is 2.38 bits per heavy atom. The van der Waals surface area contributed by atoms with Gasteiger partial charge in [-0.3, -0.25) is 14.6 Å². The highest BCUT2D eigenvalue weighted by atomic mass is 16.4. The maximum Gasteiger partial charge on any atom is 0.320 e. The van der Waals surface area contributed by atoms with Crippen LogP contribution in [0, 0.1) is 0 Å². The molecule has 0 aliphatic carbocycles. The summed E-state index contributed by atoms with van der Waals surface area (Å²) in [5, 5.41) is 17.2. The Morgan fingerprint density at radius 1 is 1.29 bits per heavy atom. The fraction of sp³-hybridized carbons (Fsp3) is 0.786. The van der Waals surface area contributed by atoms with Crippen LogP contribution in [0.25, 0.3) is 0 Å². The molecule has 1 saturated heterocycles. The number of piperazine rings is 1. The lowest BCUT2D eigenvalue weighted by molar-refractivity contribution is -0.143. The predicted octanol–water partition coefficient (Wildman–Crippen LogP) is 0.958. The van der Waals surface area contributed by atoms with Crippen LogP contribution in [-0.2, 0) is 16.8 Å². The van der Waals surface area contributed by atoms with Gasteiger partial charge in [0.05, 0.1) is 6.54 Å². The Balaban J connectivity index is 1.86. The minimum Gasteiger partial charge on any atom is -0.480 e. The molecular formula is C14H24N4O3. The molecule has 0 radical (unpaired) electrons. The van der Waals surface area contributed by atoms with Crippen molar-refractivity contribution in [3.8, 4) is 0 Å². The molecule has 0 saturated carbocycles. The molecule has 1 aliphatic heterocycles. The van der Waals surface area contributed by atoms with E-state index >= 15 is 0 Å². The molecule has 1 aromatic rings. The van der Waals surface area contributed by atoms with Crippen molar-refractivity contribution >= 4 is 5.97 Å². The quantitative estimate of drug-likeness (QED) is 0.886. The number of hydrogen-bond donors (Lipinski definition) is 1. The predicted molar refractivity (Wildman–Crippen MR) is 76.9 cm³/mol. The first-order chi connectivity index (χ1) is 9.77. The molecule has 1 N–H and O–H groups in total. The van der Waals surface area contributed by atoms with Gasteiger partial charge < -0.3 is 9.52 Å². The highest BCUT2D eigenvalue weighted by Gasteiger charge is 2.26. The smallest absolute Gasteiger partial charge is 0.320 e. The summed E-state index contributed by atoms with van der Waals surface area (Å²) >= 11 is 0. The van der Waals surface area contributed by atoms with Crippen molar-refractivity contribution in [2.45, 2.75) is 45.7 Å². The van der Waals surface area contributed by atoms with Crippen molar-refractivity contribution in [3.05, 3.63) is 11.8 Å². The zero-order valence-corrected chi connectivity index (χ0v) is 13.2. The second kappa shape index (κ2) is 6.11. The van der Waals surface area contributed by atoms with Crippen LogP contribution in [0.15, 0.2) is 4.42 Å². The monoisotopic (exact) mass is 296 g/mol. The molecule has 2 rings (SSSR count). The standard InChI is InChI=1S/C14H24N4O3/c1-10(12(19)20)18-7-5-17(6-8-18)9-11-15-16-13(21-11)14(2,3)4/h10H,5-9H2,1-4H3,(H,19,20). The van der Waals surface area contributed by atoms with Gasteiger partial charge in [-0.1, -0.05) is 20.8 Å². The zero-order valence-electron chi connectivity index (χ0n) is 13.2. The van der Waals surface area contributed by atoms with E-state index in [0.717, 1.165) is 26.2 Å². The van der Waals surface area contributed by atoms with Crippen LogP contribution >= 0.6 is 0 Å². The van der Waals surface area contributed by atoms with E-state index in [2.05, 4.69) is 15.1 Å². The number of aliphatic carboxylic acids is 1. The molecule has 1 unspecified atom stereocenters. The topological polar surface area (TPSA) is 82.7 Å². The van der Waals surface area contributed by atoms with E-state index in [0.29, 0.717) is 18.3 Å². The summed E-state index contributed by atoms with van der Waals surface area (Å²) in [4.78, 5) is 15.2. The molecular weight excluding hydrogens is 272 g/mol. The molecule has 1 atom stereocenters. The summed E-state index contributed by atoms with van der Waals surface area (Å²) in [6.45, 7) is 11.6. The van der Waals surface area contributed by atoms with Crippen LogP contribution in [0.5, 0.6) is 0 Å². The number of rotatable bonds is 4. The Kier molecular flexibility index (Phi) is 4.63. The fourth-order valence-electron chi connectivity index (χ4n) is 2.28. The molecule has 0 aromatic carbocycles. The molecule has 7 nitrogen and oxygen atoms in total. The molecule has 21 heavy (non-hydrogen) atoms. The first-order valence-electron chi connectivity index (χ1n) is 7.29. The van der Waals surface area contributed by atoms with Crippen molar-refractivity contribution in [1.29, 1.82) is 0 Å². The summed E-state index contributed by atoms with van der Waals surface area (Å²) in [6, 6.07) is -0.428. The molecule has 0 spiro atoms. The first-order valence-corrected chi connectivity index (χ1v) is 7.29. The lowest BCUT2D eigenvalue weighted by atomic mass is 9.97. The summed E-state index contributed by atoms with van der Waals surface area (Å²) in [6.07, 6.45) is 0. The van der Waals surface area contributed by atoms with E-state index in [9.17, 15) is 4.79 Å². The molecule has 118 valence electrons. The molecule has 0 bridgehead atoms. The molecule has 2 heterocycles. The lowest BCUT2D eigenvalue weighted by Gasteiger charge is -2.35. The Hall–Kier alpha value is -1.47. The third-order valence-electron chi connectivity index (χ3n) is 3.78. The van der Waals surface area contributed by atoms with Crippen LogP contribution in [0.1, 0.15) is 39.5 Å². The van der Waals surface area contributed by atoms with Crippen molar-refractivity contribution < 1.29 is 14.3 Å². The van der Waals surface area contributed by atoms with Crippen LogP contribution < -0.4 is 0 Å². The van der Waals surface area contributed by atoms with E-state index in [1.807, 2.05) is 25.7 Å². The summed E-state index contributed by atoms with van der Waals surface area (Å²) in [5.41, 5.74) is -0.138. The van der Waals surface area contributed by atoms with Crippen LogP contribution in [-0.4, -0.2) is 63.3 Å². The van der Waals surface area contributed by atoms with E-state index in [1.165, 1.54) is 0 Å². The van der Waals surface area contributed by atoms with Crippen LogP contribution in [0.4, 0.5) is 0 Å². The summed E-state index contributed by atoms with van der Waals surface area (Å²) in [7, 11) is 0. The van der Waals surface area contributed by atoms with E-state index in [4.69, 9.17) is 9.52 Å². The Morgan fingerprint density at radius 2 is 1.90 bits per heavy atom. The normalized spacial score (nSPS) is 19.6. The van der Waals surface area contributed by atoms with E-state index in [1.54, 1.807) is 6.92 Å². The SMILES string of the molecule is CC(C(=O)O)N1CCN(Cc2nnc(C(C)(C)C)o2)CC1. The van der Waals surface area contributed by atoms with Gasteiger partial charge in [0.15, 0.2) is 0 Å². The second-order valence-corrected chi connectivity index (χ2v) is 6.58. The van der Waals surface area contributed by atoms with Crippen molar-refractivity contribution in [3.63, 3.8) is 0 Å². The highest BCUT2D eigenvalue weighted by molar-refractivity contribution is 5.72. The van der Waals surface area contributed by atoms with Gasteiger partial charge in [-0.2, -0.15) is 0 Å². The van der Waals surface area contributed by atoms with Gasteiger partial charge in [-0.05, 0) is 6.92 Å². The molecule has 1 fully saturated rings. The maximum absolute atomic E-state index is 11.0. The molecule has 1 aliphatic rings. The van der Waals surface area contributed by atoms with Gasteiger partial charge in [0.25, 0.3) is 0 Å². The van der Waals surface area contributed by atoms with E-state index in [-0.39, 0.29) is 5.41 Å². The highest BCUT2D eigenvalue weighted by Crippen LogP contribution is 2.21. The molecule has 7 heteroatoms. The van der Waals surface area contributed by atoms with Gasteiger partial charge in [-0.25, -0.2) is 0 Å². The number of carboxylic acid groups (broad SMARTS) is 1. The minimum absolute atomic E-state index is 0.138. The average molecular weight is 296 g/mol. The Labute approximate surface area is 124 Å². The third kappa shape index (κ3) is 4.01. The first kappa shape index (κ1) is 15.9.